The molecule has 2 aromatic carbocycles. The summed E-state index contributed by atoms with van der Waals surface area (Å²) in [6.07, 6.45) is -0.155. The first kappa shape index (κ1) is 21.6. The van der Waals surface area contributed by atoms with Crippen molar-refractivity contribution in [2.75, 3.05) is 4.90 Å². The Balaban J connectivity index is 1.75. The maximum absolute atomic E-state index is 13.1. The molecule has 0 aliphatic carbocycles. The summed E-state index contributed by atoms with van der Waals surface area (Å²) >= 11 is 0. The summed E-state index contributed by atoms with van der Waals surface area (Å²) < 4.78 is 24.4. The second-order valence-corrected chi connectivity index (χ2v) is 6.40. The Hall–Kier alpha value is -4.14. The van der Waals surface area contributed by atoms with Gasteiger partial charge in [0.15, 0.2) is 0 Å². The molecule has 2 N–H and O–H groups in total. The van der Waals surface area contributed by atoms with Gasteiger partial charge in [-0.25, -0.2) is 0 Å². The molecule has 3 rings (SSSR count). The van der Waals surface area contributed by atoms with Crippen LogP contribution in [0.4, 0.5) is 14.5 Å². The van der Waals surface area contributed by atoms with E-state index in [9.17, 15) is 23.2 Å². The summed E-state index contributed by atoms with van der Waals surface area (Å²) in [4.78, 5) is 41.4. The summed E-state index contributed by atoms with van der Waals surface area (Å²) in [5, 5.41) is 0. The van der Waals surface area contributed by atoms with Crippen LogP contribution in [-0.4, -0.2) is 29.1 Å². The molecule has 3 amide bonds. The van der Waals surface area contributed by atoms with E-state index in [0.29, 0.717) is 11.3 Å². The second kappa shape index (κ2) is 10.1. The maximum atomic E-state index is 13.1. The molecule has 9 heteroatoms. The van der Waals surface area contributed by atoms with E-state index in [1.807, 2.05) is 35.8 Å². The lowest BCUT2D eigenvalue weighted by molar-refractivity contribution is -0.132. The highest BCUT2D eigenvalue weighted by Gasteiger charge is 2.19. The minimum Gasteiger partial charge on any atom is -0.304 e. The summed E-state index contributed by atoms with van der Waals surface area (Å²) in [5.74, 6) is -2.56. The number of hydrazine groups is 1. The van der Waals surface area contributed by atoms with Crippen molar-refractivity contribution in [2.24, 2.45) is 0 Å². The smallest absolute Gasteiger partial charge is 0.304 e. The predicted molar refractivity (Wildman–Crippen MR) is 109 cm³/mol. The number of aromatic nitrogens is 1. The van der Waals surface area contributed by atoms with Gasteiger partial charge in [0.1, 0.15) is 0 Å². The Morgan fingerprint density at radius 1 is 0.839 bits per heavy atom. The molecule has 0 aliphatic heterocycles. The molecule has 0 atom stereocenters. The standard InChI is InChI=1S/C22H18F2N4O3/c23-19(24)21(30)27-26-20(29)16-8-6-15(7-9-16)14-28(18-4-2-1-3-5-18)22(31)17-10-12-25-13-11-17/h1-13,19H,14H2,(H,26,29)(H,27,30). The zero-order chi connectivity index (χ0) is 22.2. The van der Waals surface area contributed by atoms with Gasteiger partial charge in [0.05, 0.1) is 6.54 Å². The third-order valence-corrected chi connectivity index (χ3v) is 4.29. The van der Waals surface area contributed by atoms with Gasteiger partial charge in [-0.05, 0) is 42.0 Å². The summed E-state index contributed by atoms with van der Waals surface area (Å²) in [6.45, 7) is 0.231. The average molecular weight is 424 g/mol. The fraction of sp³-hybridized carbons (Fsp3) is 0.0909. The minimum absolute atomic E-state index is 0.157. The molecule has 31 heavy (non-hydrogen) atoms. The lowest BCUT2D eigenvalue weighted by Crippen LogP contribution is -2.44. The normalized spacial score (nSPS) is 10.4. The summed E-state index contributed by atoms with van der Waals surface area (Å²) in [5.41, 5.74) is 5.62. The first-order valence-corrected chi connectivity index (χ1v) is 9.20. The second-order valence-electron chi connectivity index (χ2n) is 6.40. The van der Waals surface area contributed by atoms with Crippen LogP contribution in [0, 0.1) is 0 Å². The van der Waals surface area contributed by atoms with Crippen LogP contribution < -0.4 is 15.8 Å². The molecule has 0 radical (unpaired) electrons. The fourth-order valence-electron chi connectivity index (χ4n) is 2.73. The summed E-state index contributed by atoms with van der Waals surface area (Å²) in [6, 6.07) is 18.6. The number of hydrogen-bond donors (Lipinski definition) is 2. The van der Waals surface area contributed by atoms with E-state index in [4.69, 9.17) is 0 Å². The van der Waals surface area contributed by atoms with Crippen LogP contribution in [-0.2, 0) is 11.3 Å². The van der Waals surface area contributed by atoms with Gasteiger partial charge < -0.3 is 4.90 Å². The van der Waals surface area contributed by atoms with Crippen LogP contribution in [0.1, 0.15) is 26.3 Å². The highest BCUT2D eigenvalue weighted by atomic mass is 19.3. The Bertz CT molecular complexity index is 1050. The molecular formula is C22H18F2N4O3. The number of carbonyl (C=O) groups excluding carboxylic acids is 3. The highest BCUT2D eigenvalue weighted by molar-refractivity contribution is 6.06. The number of nitrogens with zero attached hydrogens (tertiary/aromatic N) is 2. The molecule has 0 fully saturated rings. The van der Waals surface area contributed by atoms with Gasteiger partial charge in [-0.1, -0.05) is 30.3 Å². The average Bonchev–Trinajstić information content (AvgIpc) is 2.81. The topological polar surface area (TPSA) is 91.4 Å². The van der Waals surface area contributed by atoms with Crippen LogP contribution in [0.2, 0.25) is 0 Å². The highest BCUT2D eigenvalue weighted by Crippen LogP contribution is 2.20. The van der Waals surface area contributed by atoms with Crippen LogP contribution in [0.3, 0.4) is 0 Å². The molecule has 0 spiro atoms. The van der Waals surface area contributed by atoms with Crippen molar-refractivity contribution in [3.05, 3.63) is 95.8 Å². The number of nitrogens with one attached hydrogen (secondary N) is 2. The van der Waals surface area contributed by atoms with Crippen LogP contribution in [0.5, 0.6) is 0 Å². The van der Waals surface area contributed by atoms with Gasteiger partial charge in [0.25, 0.3) is 11.8 Å². The number of alkyl halides is 2. The van der Waals surface area contributed by atoms with Gasteiger partial charge in [0.2, 0.25) is 0 Å². The van der Waals surface area contributed by atoms with Crippen molar-refractivity contribution in [1.29, 1.82) is 0 Å². The van der Waals surface area contributed by atoms with E-state index < -0.39 is 18.2 Å². The number of rotatable bonds is 6. The van der Waals surface area contributed by atoms with Gasteiger partial charge in [-0.15, -0.1) is 0 Å². The number of halogens is 2. The molecule has 1 heterocycles. The molecule has 3 aromatic rings. The first-order chi connectivity index (χ1) is 15.0. The molecule has 0 aliphatic rings. The number of anilines is 1. The van der Waals surface area contributed by atoms with Crippen molar-refractivity contribution in [3.8, 4) is 0 Å². The number of carbonyl (C=O) groups is 3. The Morgan fingerprint density at radius 3 is 2.10 bits per heavy atom. The van der Waals surface area contributed by atoms with Crippen molar-refractivity contribution in [3.63, 3.8) is 0 Å². The van der Waals surface area contributed by atoms with Crippen molar-refractivity contribution >= 4 is 23.4 Å². The quantitative estimate of drug-likeness (QED) is 0.596. The molecular weight excluding hydrogens is 406 g/mol. The SMILES string of the molecule is O=C(NNC(=O)C(F)F)c1ccc(CN(C(=O)c2ccncc2)c2ccccc2)cc1. The van der Waals surface area contributed by atoms with E-state index in [-0.39, 0.29) is 18.0 Å². The largest absolute Gasteiger partial charge is 0.317 e. The molecule has 0 saturated heterocycles. The number of amides is 3. The van der Waals surface area contributed by atoms with Crippen molar-refractivity contribution in [2.45, 2.75) is 13.0 Å². The third-order valence-electron chi connectivity index (χ3n) is 4.29. The maximum Gasteiger partial charge on any atom is 0.317 e. The van der Waals surface area contributed by atoms with E-state index >= 15 is 0 Å². The third kappa shape index (κ3) is 5.69. The predicted octanol–water partition coefficient (Wildman–Crippen LogP) is 2.95. The first-order valence-electron chi connectivity index (χ1n) is 9.20. The Kier molecular flexibility index (Phi) is 7.00. The van der Waals surface area contributed by atoms with Crippen molar-refractivity contribution < 1.29 is 23.2 Å². The summed E-state index contributed by atoms with van der Waals surface area (Å²) in [7, 11) is 0. The number of hydrogen-bond acceptors (Lipinski definition) is 4. The zero-order valence-electron chi connectivity index (χ0n) is 16.2. The number of benzene rings is 2. The molecule has 7 nitrogen and oxygen atoms in total. The molecule has 0 unspecified atom stereocenters. The lowest BCUT2D eigenvalue weighted by Gasteiger charge is -2.23. The van der Waals surface area contributed by atoms with E-state index in [1.165, 1.54) is 24.5 Å². The Morgan fingerprint density at radius 2 is 1.48 bits per heavy atom. The zero-order valence-corrected chi connectivity index (χ0v) is 16.2. The molecule has 1 aromatic heterocycles. The van der Waals surface area contributed by atoms with Crippen LogP contribution in [0.25, 0.3) is 0 Å². The fourth-order valence-corrected chi connectivity index (χ4v) is 2.73. The molecule has 0 saturated carbocycles. The lowest BCUT2D eigenvalue weighted by atomic mass is 10.1. The van der Waals surface area contributed by atoms with Crippen LogP contribution in [0.15, 0.2) is 79.1 Å². The van der Waals surface area contributed by atoms with E-state index in [0.717, 1.165) is 5.56 Å². The van der Waals surface area contributed by atoms with Gasteiger partial charge in [-0.3, -0.25) is 30.2 Å². The van der Waals surface area contributed by atoms with E-state index in [2.05, 4.69) is 4.98 Å². The van der Waals surface area contributed by atoms with Gasteiger partial charge in [-0.2, -0.15) is 8.78 Å². The molecule has 158 valence electrons. The van der Waals surface area contributed by atoms with Crippen LogP contribution >= 0.6 is 0 Å². The Labute approximate surface area is 176 Å². The minimum atomic E-state index is -3.23. The number of para-hydroxylation sites is 1. The monoisotopic (exact) mass is 424 g/mol. The van der Waals surface area contributed by atoms with Gasteiger partial charge in [0, 0.05) is 29.2 Å². The molecule has 0 bridgehead atoms. The van der Waals surface area contributed by atoms with Crippen molar-refractivity contribution in [1.82, 2.24) is 15.8 Å². The number of pyridine rings is 1. The van der Waals surface area contributed by atoms with Gasteiger partial charge >= 0.3 is 12.3 Å². The van der Waals surface area contributed by atoms with E-state index in [1.54, 1.807) is 34.6 Å².